The number of aliphatic hydroxyl groups is 9. The van der Waals surface area contributed by atoms with Crippen LogP contribution in [-0.4, -0.2) is 183 Å². The van der Waals surface area contributed by atoms with Gasteiger partial charge in [0.25, 0.3) is 0 Å². The Hall–Kier alpha value is -1.66. The van der Waals surface area contributed by atoms with Crippen molar-refractivity contribution in [1.29, 1.82) is 0 Å². The quantitative estimate of drug-likeness (QED) is 0.0472. The first-order chi connectivity index (χ1) is 23.3. The third-order valence-electron chi connectivity index (χ3n) is 8.74. The normalized spacial score (nSPS) is 39.8. The largest absolute Gasteiger partial charge is 0.469 e. The lowest BCUT2D eigenvalue weighted by molar-refractivity contribution is -0.351. The van der Waals surface area contributed by atoms with Crippen LogP contribution >= 0.6 is 0 Å². The van der Waals surface area contributed by atoms with Crippen LogP contribution in [0.1, 0.15) is 51.9 Å². The van der Waals surface area contributed by atoms with Crippen molar-refractivity contribution in [2.45, 2.75) is 144 Å². The molecule has 0 aromatic rings. The third kappa shape index (κ3) is 11.4. The Balaban J connectivity index is 1.73. The number of unbranched alkanes of at least 4 members (excludes halogenated alkanes) is 5. The third-order valence-corrected chi connectivity index (χ3v) is 8.74. The zero-order chi connectivity index (χ0) is 36.2. The van der Waals surface area contributed by atoms with Crippen LogP contribution in [0.2, 0.25) is 0 Å². The number of amides is 1. The summed E-state index contributed by atoms with van der Waals surface area (Å²) in [5.41, 5.74) is 0. The molecule has 3 fully saturated rings. The standard InChI is InChI=1S/C30H53NO18/c1-14(34)31-19-27(49-30-26(42)24(40)21(37)16(12-33)47-30)22(38)17(13-45-29-25(41)23(39)20(36)15(11-32)46-29)48-28(19)44-10-8-6-4-3-5-7-9-18(35)43-2/h15-17,19-30,32-33,36-42H,3-13H2,1-2H3,(H,31,34)/t15-,16-,17-,19-,20+,21+,22-,23+,24+,25-,26-,27-,28-,29-,30+/m1/s1. The fraction of sp³-hybridized carbons (Fsp3) is 0.933. The topological polar surface area (TPSA) is 293 Å². The van der Waals surface area contributed by atoms with Gasteiger partial charge in [-0.05, 0) is 12.8 Å². The molecule has 10 N–H and O–H groups in total. The molecule has 0 spiro atoms. The number of aliphatic hydroxyl groups excluding tert-OH is 9. The van der Waals surface area contributed by atoms with Crippen molar-refractivity contribution in [3.63, 3.8) is 0 Å². The second-order valence-corrected chi connectivity index (χ2v) is 12.4. The van der Waals surface area contributed by atoms with Gasteiger partial charge in [-0.3, -0.25) is 9.59 Å². The van der Waals surface area contributed by atoms with Crippen molar-refractivity contribution >= 4 is 11.9 Å². The van der Waals surface area contributed by atoms with Crippen LogP contribution in [0.4, 0.5) is 0 Å². The van der Waals surface area contributed by atoms with Gasteiger partial charge in [0.05, 0.1) is 26.9 Å². The van der Waals surface area contributed by atoms with Crippen molar-refractivity contribution in [3.05, 3.63) is 0 Å². The van der Waals surface area contributed by atoms with Gasteiger partial charge in [0.15, 0.2) is 18.9 Å². The fourth-order valence-electron chi connectivity index (χ4n) is 5.86. The first kappa shape index (κ1) is 41.8. The number of hydrogen-bond acceptors (Lipinski definition) is 18. The van der Waals surface area contributed by atoms with Crippen LogP contribution in [0.5, 0.6) is 0 Å². The summed E-state index contributed by atoms with van der Waals surface area (Å²) in [6, 6.07) is -1.23. The van der Waals surface area contributed by atoms with E-state index in [4.69, 9.17) is 28.4 Å². The van der Waals surface area contributed by atoms with Gasteiger partial charge in [0.1, 0.15) is 73.2 Å². The molecule has 3 saturated heterocycles. The van der Waals surface area contributed by atoms with E-state index in [2.05, 4.69) is 10.1 Å². The minimum atomic E-state index is -1.85. The van der Waals surface area contributed by atoms with Gasteiger partial charge in [-0.25, -0.2) is 0 Å². The van der Waals surface area contributed by atoms with Crippen LogP contribution in [-0.2, 0) is 42.7 Å². The van der Waals surface area contributed by atoms with Crippen LogP contribution in [0.3, 0.4) is 0 Å². The van der Waals surface area contributed by atoms with Crippen LogP contribution in [0, 0.1) is 0 Å². The summed E-state index contributed by atoms with van der Waals surface area (Å²) >= 11 is 0. The Morgan fingerprint density at radius 2 is 1.16 bits per heavy atom. The summed E-state index contributed by atoms with van der Waals surface area (Å²) in [7, 11) is 1.34. The van der Waals surface area contributed by atoms with E-state index in [1.165, 1.54) is 14.0 Å². The zero-order valence-electron chi connectivity index (χ0n) is 27.6. The Labute approximate surface area is 283 Å². The maximum Gasteiger partial charge on any atom is 0.305 e. The number of esters is 1. The Morgan fingerprint density at radius 3 is 1.73 bits per heavy atom. The lowest BCUT2D eigenvalue weighted by Gasteiger charge is -2.48. The van der Waals surface area contributed by atoms with Crippen molar-refractivity contribution < 1.29 is 88.7 Å². The minimum Gasteiger partial charge on any atom is -0.469 e. The van der Waals surface area contributed by atoms with Gasteiger partial charge in [0, 0.05) is 20.0 Å². The van der Waals surface area contributed by atoms with Gasteiger partial charge in [-0.2, -0.15) is 0 Å². The SMILES string of the molecule is COC(=O)CCCCCCCCO[C@@H]1O[C@H](CO[C@@H]2O[C@H](CO)[C@H](O)[C@H](O)[C@H]2O)[C@@H](O)[C@H](O[C@@H]2O[C@H](CO)[C@H](O)[C@H](O)[C@H]2O)[C@H]1NC(C)=O. The van der Waals surface area contributed by atoms with Gasteiger partial charge in [-0.15, -0.1) is 0 Å². The molecule has 0 bridgehead atoms. The second-order valence-electron chi connectivity index (χ2n) is 12.4. The highest BCUT2D eigenvalue weighted by atomic mass is 16.7. The molecular formula is C30H53NO18. The Kier molecular flexibility index (Phi) is 17.4. The maximum absolute atomic E-state index is 12.3. The Morgan fingerprint density at radius 1 is 0.633 bits per heavy atom. The molecule has 0 saturated carbocycles. The summed E-state index contributed by atoms with van der Waals surface area (Å²) in [6.07, 6.45) is -17.2. The molecule has 3 aliphatic rings. The molecule has 286 valence electrons. The number of nitrogens with one attached hydrogen (secondary N) is 1. The molecular weight excluding hydrogens is 662 g/mol. The van der Waals surface area contributed by atoms with E-state index in [0.717, 1.165) is 25.7 Å². The van der Waals surface area contributed by atoms with Crippen molar-refractivity contribution in [2.75, 3.05) is 33.5 Å². The number of methoxy groups -OCH3 is 1. The highest BCUT2D eigenvalue weighted by molar-refractivity contribution is 5.73. The molecule has 0 aliphatic carbocycles. The molecule has 1 amide bonds. The van der Waals surface area contributed by atoms with Gasteiger partial charge >= 0.3 is 5.97 Å². The molecule has 0 aromatic heterocycles. The van der Waals surface area contributed by atoms with Crippen molar-refractivity contribution in [2.24, 2.45) is 0 Å². The summed E-state index contributed by atoms with van der Waals surface area (Å²) in [5.74, 6) is -0.828. The lowest BCUT2D eigenvalue weighted by Crippen LogP contribution is -2.68. The summed E-state index contributed by atoms with van der Waals surface area (Å²) in [6.45, 7) is -0.668. The molecule has 0 unspecified atom stereocenters. The van der Waals surface area contributed by atoms with Gasteiger partial charge in [0.2, 0.25) is 5.91 Å². The molecule has 3 aliphatic heterocycles. The van der Waals surface area contributed by atoms with Crippen molar-refractivity contribution in [3.8, 4) is 0 Å². The van der Waals surface area contributed by atoms with Gasteiger partial charge in [-0.1, -0.05) is 25.7 Å². The van der Waals surface area contributed by atoms with E-state index in [1.54, 1.807) is 0 Å². The highest BCUT2D eigenvalue weighted by Gasteiger charge is 2.52. The van der Waals surface area contributed by atoms with E-state index in [9.17, 15) is 55.5 Å². The highest BCUT2D eigenvalue weighted by Crippen LogP contribution is 2.31. The maximum atomic E-state index is 12.3. The molecule has 49 heavy (non-hydrogen) atoms. The molecule has 19 heteroatoms. The number of rotatable bonds is 18. The van der Waals surface area contributed by atoms with E-state index in [0.29, 0.717) is 19.3 Å². The molecule has 19 nitrogen and oxygen atoms in total. The van der Waals surface area contributed by atoms with Crippen LogP contribution < -0.4 is 5.32 Å². The predicted molar refractivity (Wildman–Crippen MR) is 161 cm³/mol. The van der Waals surface area contributed by atoms with Crippen LogP contribution in [0.15, 0.2) is 0 Å². The predicted octanol–water partition coefficient (Wildman–Crippen LogP) is -4.50. The first-order valence-corrected chi connectivity index (χ1v) is 16.5. The second kappa shape index (κ2) is 20.4. The molecule has 0 radical (unpaired) electrons. The minimum absolute atomic E-state index is 0.131. The summed E-state index contributed by atoms with van der Waals surface area (Å²) in [4.78, 5) is 23.5. The van der Waals surface area contributed by atoms with Gasteiger partial charge < -0.3 is 84.4 Å². The first-order valence-electron chi connectivity index (χ1n) is 16.5. The number of ether oxygens (including phenoxy) is 7. The Bertz CT molecular complexity index is 991. The number of hydrogen-bond donors (Lipinski definition) is 10. The van der Waals surface area contributed by atoms with Crippen LogP contribution in [0.25, 0.3) is 0 Å². The van der Waals surface area contributed by atoms with E-state index >= 15 is 0 Å². The molecule has 3 rings (SSSR count). The van der Waals surface area contributed by atoms with E-state index in [1.807, 2.05) is 0 Å². The number of carbonyl (C=O) groups is 2. The fourth-order valence-corrected chi connectivity index (χ4v) is 5.86. The lowest BCUT2D eigenvalue weighted by atomic mass is 9.95. The number of carbonyl (C=O) groups excluding carboxylic acids is 2. The zero-order valence-corrected chi connectivity index (χ0v) is 27.6. The van der Waals surface area contributed by atoms with E-state index in [-0.39, 0.29) is 12.6 Å². The van der Waals surface area contributed by atoms with Crippen molar-refractivity contribution in [1.82, 2.24) is 5.32 Å². The smallest absolute Gasteiger partial charge is 0.305 e. The molecule has 15 atom stereocenters. The average Bonchev–Trinajstić information content (AvgIpc) is 3.08. The molecule has 3 heterocycles. The average molecular weight is 716 g/mol. The summed E-state index contributed by atoms with van der Waals surface area (Å²) in [5, 5.41) is 94.9. The molecule has 0 aromatic carbocycles. The monoisotopic (exact) mass is 715 g/mol. The van der Waals surface area contributed by atoms with E-state index < -0.39 is 118 Å². The summed E-state index contributed by atoms with van der Waals surface area (Å²) < 4.78 is 39.0.